The van der Waals surface area contributed by atoms with Crippen LogP contribution in [0.15, 0.2) is 15.9 Å². The van der Waals surface area contributed by atoms with Crippen LogP contribution >= 0.6 is 27.3 Å². The van der Waals surface area contributed by atoms with Crippen LogP contribution in [0, 0.1) is 5.92 Å². The monoisotopic (exact) mass is 262 g/mol. The predicted octanol–water partition coefficient (Wildman–Crippen LogP) is 3.46. The second kappa shape index (κ2) is 5.78. The lowest BCUT2D eigenvalue weighted by atomic mass is 10.0. The van der Waals surface area contributed by atoms with Gasteiger partial charge in [0.2, 0.25) is 0 Å². The van der Waals surface area contributed by atoms with Gasteiger partial charge in [-0.2, -0.15) is 0 Å². The van der Waals surface area contributed by atoms with Gasteiger partial charge < -0.3 is 5.11 Å². The summed E-state index contributed by atoms with van der Waals surface area (Å²) in [4.78, 5) is 1.36. The molecule has 1 atom stereocenters. The molecule has 0 fully saturated rings. The lowest BCUT2D eigenvalue weighted by Crippen LogP contribution is -2.08. The van der Waals surface area contributed by atoms with Crippen LogP contribution in [0.3, 0.4) is 0 Å². The second-order valence-corrected chi connectivity index (χ2v) is 5.79. The molecule has 1 aromatic heterocycles. The highest BCUT2D eigenvalue weighted by molar-refractivity contribution is 9.11. The molecule has 1 aromatic rings. The predicted molar refractivity (Wildman–Crippen MR) is 61.2 cm³/mol. The van der Waals surface area contributed by atoms with E-state index in [1.165, 1.54) is 8.66 Å². The summed E-state index contributed by atoms with van der Waals surface area (Å²) in [5.41, 5.74) is 0. The summed E-state index contributed by atoms with van der Waals surface area (Å²) in [6.07, 6.45) is 3.28. The van der Waals surface area contributed by atoms with Crippen LogP contribution in [0.5, 0.6) is 0 Å². The molecule has 0 bridgehead atoms. The molecule has 1 heterocycles. The number of rotatable bonds is 5. The van der Waals surface area contributed by atoms with E-state index in [1.54, 1.807) is 11.3 Å². The molecule has 0 spiro atoms. The first kappa shape index (κ1) is 11.2. The number of hydrogen-bond donors (Lipinski definition) is 1. The first-order chi connectivity index (χ1) is 6.26. The van der Waals surface area contributed by atoms with Gasteiger partial charge in [0.1, 0.15) is 0 Å². The van der Waals surface area contributed by atoms with Crippen LogP contribution in [0.4, 0.5) is 0 Å². The normalized spacial score (nSPS) is 13.2. The van der Waals surface area contributed by atoms with Gasteiger partial charge in [-0.1, -0.05) is 13.3 Å². The Morgan fingerprint density at radius 1 is 1.54 bits per heavy atom. The number of thiophene rings is 1. The molecule has 0 aliphatic carbocycles. The average molecular weight is 263 g/mol. The van der Waals surface area contributed by atoms with E-state index in [2.05, 4.69) is 35.0 Å². The van der Waals surface area contributed by atoms with E-state index in [9.17, 15) is 0 Å². The summed E-state index contributed by atoms with van der Waals surface area (Å²) in [6.45, 7) is 2.47. The first-order valence-electron chi connectivity index (χ1n) is 4.61. The van der Waals surface area contributed by atoms with E-state index in [-0.39, 0.29) is 0 Å². The first-order valence-corrected chi connectivity index (χ1v) is 6.22. The van der Waals surface area contributed by atoms with Crippen molar-refractivity contribution in [1.82, 2.24) is 0 Å². The van der Waals surface area contributed by atoms with Gasteiger partial charge in [0.05, 0.1) is 3.79 Å². The van der Waals surface area contributed by atoms with Crippen molar-refractivity contribution in [3.63, 3.8) is 0 Å². The molecule has 0 aliphatic rings. The number of aliphatic hydroxyl groups excluding tert-OH is 1. The molecule has 0 saturated carbocycles. The molecule has 1 unspecified atom stereocenters. The molecule has 0 radical (unpaired) electrons. The van der Waals surface area contributed by atoms with Gasteiger partial charge in [-0.25, -0.2) is 0 Å². The average Bonchev–Trinajstić information content (AvgIpc) is 2.50. The van der Waals surface area contributed by atoms with Crippen molar-refractivity contribution in [2.24, 2.45) is 5.92 Å². The lowest BCUT2D eigenvalue weighted by molar-refractivity contribution is 0.217. The Labute approximate surface area is 91.9 Å². The van der Waals surface area contributed by atoms with Gasteiger partial charge in [0.15, 0.2) is 0 Å². The van der Waals surface area contributed by atoms with Crippen molar-refractivity contribution in [2.75, 3.05) is 6.61 Å². The fourth-order valence-corrected chi connectivity index (χ4v) is 3.01. The minimum Gasteiger partial charge on any atom is -0.396 e. The van der Waals surface area contributed by atoms with Crippen LogP contribution in [0.1, 0.15) is 24.6 Å². The van der Waals surface area contributed by atoms with E-state index in [4.69, 9.17) is 5.11 Å². The van der Waals surface area contributed by atoms with Gasteiger partial charge in [-0.05, 0) is 46.8 Å². The minimum absolute atomic E-state index is 0.309. The molecule has 1 rings (SSSR count). The Morgan fingerprint density at radius 3 is 2.77 bits per heavy atom. The highest BCUT2D eigenvalue weighted by Crippen LogP contribution is 2.25. The molecular formula is C10H15BrOS. The third-order valence-corrected chi connectivity index (χ3v) is 3.72. The van der Waals surface area contributed by atoms with Crippen molar-refractivity contribution in [3.8, 4) is 0 Å². The fraction of sp³-hybridized carbons (Fsp3) is 0.600. The number of halogens is 1. The van der Waals surface area contributed by atoms with Crippen LogP contribution in [0.2, 0.25) is 0 Å². The molecule has 3 heteroatoms. The summed E-state index contributed by atoms with van der Waals surface area (Å²) in [5.74, 6) is 0.440. The van der Waals surface area contributed by atoms with Crippen LogP contribution in [0.25, 0.3) is 0 Å². The van der Waals surface area contributed by atoms with Crippen molar-refractivity contribution in [3.05, 3.63) is 20.8 Å². The Balaban J connectivity index is 2.46. The summed E-state index contributed by atoms with van der Waals surface area (Å²) in [6, 6.07) is 4.20. The molecule has 0 aliphatic heterocycles. The molecule has 74 valence electrons. The zero-order valence-corrected chi connectivity index (χ0v) is 10.2. The molecule has 1 N–H and O–H groups in total. The van der Waals surface area contributed by atoms with Crippen molar-refractivity contribution in [1.29, 1.82) is 0 Å². The Kier molecular flexibility index (Phi) is 4.99. The van der Waals surface area contributed by atoms with E-state index in [0.717, 1.165) is 19.3 Å². The molecule has 0 saturated heterocycles. The molecular weight excluding hydrogens is 248 g/mol. The maximum absolute atomic E-state index is 9.12. The summed E-state index contributed by atoms with van der Waals surface area (Å²) < 4.78 is 1.18. The number of hydrogen-bond acceptors (Lipinski definition) is 2. The van der Waals surface area contributed by atoms with Crippen LogP contribution in [-0.4, -0.2) is 11.7 Å². The maximum atomic E-state index is 9.12. The molecule has 1 nitrogen and oxygen atoms in total. The quantitative estimate of drug-likeness (QED) is 0.862. The standard InChI is InChI=1S/C10H15BrOS/c1-2-3-8(7-12)6-9-4-5-10(11)13-9/h4-5,8,12H,2-3,6-7H2,1H3. The van der Waals surface area contributed by atoms with Gasteiger partial charge in [-0.15, -0.1) is 11.3 Å². The molecule has 0 amide bonds. The largest absolute Gasteiger partial charge is 0.396 e. The minimum atomic E-state index is 0.309. The van der Waals surface area contributed by atoms with E-state index < -0.39 is 0 Å². The highest BCUT2D eigenvalue weighted by atomic mass is 79.9. The maximum Gasteiger partial charge on any atom is 0.0701 e. The van der Waals surface area contributed by atoms with Crippen LogP contribution in [-0.2, 0) is 6.42 Å². The molecule has 13 heavy (non-hydrogen) atoms. The zero-order chi connectivity index (χ0) is 9.68. The third kappa shape index (κ3) is 3.79. The summed E-state index contributed by atoms with van der Waals surface area (Å²) in [7, 11) is 0. The Bertz CT molecular complexity index is 247. The highest BCUT2D eigenvalue weighted by Gasteiger charge is 2.08. The van der Waals surface area contributed by atoms with Gasteiger partial charge >= 0.3 is 0 Å². The van der Waals surface area contributed by atoms with Crippen molar-refractivity contribution < 1.29 is 5.11 Å². The van der Waals surface area contributed by atoms with Gasteiger partial charge in [0, 0.05) is 11.5 Å². The second-order valence-electron chi connectivity index (χ2n) is 3.25. The fourth-order valence-electron chi connectivity index (χ4n) is 1.41. The number of aliphatic hydroxyl groups is 1. The summed E-state index contributed by atoms with van der Waals surface area (Å²) >= 11 is 5.20. The zero-order valence-electron chi connectivity index (χ0n) is 7.79. The van der Waals surface area contributed by atoms with E-state index >= 15 is 0 Å². The SMILES string of the molecule is CCCC(CO)Cc1ccc(Br)s1. The Morgan fingerprint density at radius 2 is 2.31 bits per heavy atom. The van der Waals surface area contributed by atoms with Gasteiger partial charge in [0.25, 0.3) is 0 Å². The Hall–Kier alpha value is 0.140. The van der Waals surface area contributed by atoms with E-state index in [0.29, 0.717) is 12.5 Å². The molecule has 0 aromatic carbocycles. The van der Waals surface area contributed by atoms with Crippen LogP contribution < -0.4 is 0 Å². The van der Waals surface area contributed by atoms with E-state index in [1.807, 2.05) is 0 Å². The van der Waals surface area contributed by atoms with Crippen molar-refractivity contribution in [2.45, 2.75) is 26.2 Å². The smallest absolute Gasteiger partial charge is 0.0701 e. The topological polar surface area (TPSA) is 20.2 Å². The summed E-state index contributed by atoms with van der Waals surface area (Å²) in [5, 5.41) is 9.12. The third-order valence-electron chi connectivity index (χ3n) is 2.07. The van der Waals surface area contributed by atoms with Gasteiger partial charge in [-0.3, -0.25) is 0 Å². The lowest BCUT2D eigenvalue weighted by Gasteiger charge is -2.10. The van der Waals surface area contributed by atoms with Crippen molar-refractivity contribution >= 4 is 27.3 Å².